The Morgan fingerprint density at radius 2 is 1.10 bits per heavy atom. The number of carbonyl (C=O) groups excluding carboxylic acids is 2. The van der Waals surface area contributed by atoms with E-state index >= 15 is 0 Å². The molecule has 8 heteroatoms. The lowest BCUT2D eigenvalue weighted by molar-refractivity contribution is -0.137. The molecule has 0 aliphatic carbocycles. The lowest BCUT2D eigenvalue weighted by Gasteiger charge is -2.27. The van der Waals surface area contributed by atoms with Crippen LogP contribution in [0.2, 0.25) is 0 Å². The van der Waals surface area contributed by atoms with Crippen molar-refractivity contribution in [1.29, 1.82) is 0 Å². The van der Waals surface area contributed by atoms with Crippen LogP contribution < -0.4 is 5.32 Å². The molecule has 0 aromatic heterocycles. The van der Waals surface area contributed by atoms with Gasteiger partial charge in [0.25, 0.3) is 0 Å². The van der Waals surface area contributed by atoms with Gasteiger partial charge in [-0.25, -0.2) is 4.79 Å². The Labute approximate surface area is 238 Å². The van der Waals surface area contributed by atoms with Crippen LogP contribution in [0.15, 0.2) is 115 Å². The highest BCUT2D eigenvalue weighted by Crippen LogP contribution is 2.34. The number of halogens is 3. The molecule has 0 heterocycles. The number of rotatable bonds is 11. The van der Waals surface area contributed by atoms with E-state index in [4.69, 9.17) is 0 Å². The summed E-state index contributed by atoms with van der Waals surface area (Å²) in [5.41, 5.74) is 1.62. The van der Waals surface area contributed by atoms with Gasteiger partial charge in [0.1, 0.15) is 0 Å². The number of nitrogens with one attached hydrogen (secondary N) is 1. The van der Waals surface area contributed by atoms with Crippen molar-refractivity contribution in [2.75, 3.05) is 18.4 Å². The summed E-state index contributed by atoms with van der Waals surface area (Å²) in [6.45, 7) is 1.07. The number of carbonyl (C=O) groups is 2. The summed E-state index contributed by atoms with van der Waals surface area (Å²) in [6.07, 6.45) is -3.94. The number of anilines is 1. The molecule has 3 amide bonds. The first-order valence-electron chi connectivity index (χ1n) is 13.4. The van der Waals surface area contributed by atoms with Gasteiger partial charge in [-0.1, -0.05) is 103 Å². The first kappa shape index (κ1) is 29.4. The van der Waals surface area contributed by atoms with Crippen LogP contribution in [0.4, 0.5) is 23.7 Å². The second kappa shape index (κ2) is 14.2. The minimum atomic E-state index is -4.62. The molecule has 0 saturated carbocycles. The van der Waals surface area contributed by atoms with Crippen molar-refractivity contribution in [2.45, 2.75) is 32.1 Å². The maximum absolute atomic E-state index is 13.5. The van der Waals surface area contributed by atoms with Gasteiger partial charge >= 0.3 is 12.2 Å². The number of hydrogen-bond donors (Lipinski definition) is 1. The molecule has 4 aromatic rings. The third-order valence-electron chi connectivity index (χ3n) is 6.66. The standard InChI is InChI=1S/C33H32F3N3O2/c34-33(35,36)29-18-10-11-19-30(29)37-32(41)39(25-28-16-8-3-9-17-28)23-21-31(40)38(24-27-14-6-2-7-15-27)22-20-26-12-4-1-5-13-26/h1-19H,20-25H2,(H,37,41). The molecule has 4 aromatic carbocycles. The summed E-state index contributed by atoms with van der Waals surface area (Å²) in [4.78, 5) is 30.0. The second-order valence-electron chi connectivity index (χ2n) is 9.67. The lowest BCUT2D eigenvalue weighted by Crippen LogP contribution is -2.39. The summed E-state index contributed by atoms with van der Waals surface area (Å²) >= 11 is 0. The van der Waals surface area contributed by atoms with E-state index in [0.29, 0.717) is 19.5 Å². The zero-order valence-electron chi connectivity index (χ0n) is 22.6. The maximum Gasteiger partial charge on any atom is 0.418 e. The quantitative estimate of drug-likeness (QED) is 0.208. The van der Waals surface area contributed by atoms with E-state index in [-0.39, 0.29) is 31.1 Å². The molecule has 0 aliphatic rings. The van der Waals surface area contributed by atoms with E-state index in [9.17, 15) is 22.8 Å². The molecule has 0 aliphatic heterocycles. The topological polar surface area (TPSA) is 52.7 Å². The highest BCUT2D eigenvalue weighted by Gasteiger charge is 2.34. The van der Waals surface area contributed by atoms with Crippen molar-refractivity contribution in [3.8, 4) is 0 Å². The van der Waals surface area contributed by atoms with E-state index < -0.39 is 17.8 Å². The largest absolute Gasteiger partial charge is 0.418 e. The van der Waals surface area contributed by atoms with Crippen LogP contribution >= 0.6 is 0 Å². The number of hydrogen-bond acceptors (Lipinski definition) is 2. The second-order valence-corrected chi connectivity index (χ2v) is 9.67. The minimum absolute atomic E-state index is 0.0167. The zero-order valence-corrected chi connectivity index (χ0v) is 22.6. The fourth-order valence-electron chi connectivity index (χ4n) is 4.48. The van der Waals surface area contributed by atoms with Crippen molar-refractivity contribution in [2.24, 2.45) is 0 Å². The van der Waals surface area contributed by atoms with Crippen LogP contribution in [-0.2, 0) is 30.5 Å². The van der Waals surface area contributed by atoms with E-state index in [0.717, 1.165) is 22.8 Å². The Bertz CT molecular complexity index is 1400. The maximum atomic E-state index is 13.5. The summed E-state index contributed by atoms with van der Waals surface area (Å²) in [5.74, 6) is -0.147. The van der Waals surface area contributed by atoms with Crippen molar-refractivity contribution in [1.82, 2.24) is 9.80 Å². The molecule has 0 atom stereocenters. The Morgan fingerprint density at radius 3 is 1.66 bits per heavy atom. The first-order chi connectivity index (χ1) is 19.8. The Morgan fingerprint density at radius 1 is 0.610 bits per heavy atom. The highest BCUT2D eigenvalue weighted by molar-refractivity contribution is 5.90. The van der Waals surface area contributed by atoms with Gasteiger partial charge in [-0.3, -0.25) is 4.79 Å². The molecule has 0 saturated heterocycles. The van der Waals surface area contributed by atoms with Crippen molar-refractivity contribution >= 4 is 17.6 Å². The number of para-hydroxylation sites is 1. The predicted molar refractivity (Wildman–Crippen MR) is 154 cm³/mol. The summed E-state index contributed by atoms with van der Waals surface area (Å²) in [5, 5.41) is 2.42. The van der Waals surface area contributed by atoms with Crippen LogP contribution in [0.5, 0.6) is 0 Å². The van der Waals surface area contributed by atoms with Gasteiger partial charge in [-0.15, -0.1) is 0 Å². The van der Waals surface area contributed by atoms with Gasteiger partial charge in [-0.05, 0) is 35.2 Å². The SMILES string of the molecule is O=C(CCN(Cc1ccccc1)C(=O)Nc1ccccc1C(F)(F)F)N(CCc1ccccc1)Cc1ccccc1. The molecule has 5 nitrogen and oxygen atoms in total. The number of alkyl halides is 3. The van der Waals surface area contributed by atoms with Crippen LogP contribution in [0.1, 0.15) is 28.7 Å². The molecule has 0 spiro atoms. The van der Waals surface area contributed by atoms with Crippen LogP contribution in [0.25, 0.3) is 0 Å². The van der Waals surface area contributed by atoms with Crippen molar-refractivity contribution in [3.05, 3.63) is 138 Å². The van der Waals surface area contributed by atoms with Crippen LogP contribution in [-0.4, -0.2) is 34.8 Å². The Kier molecular flexibility index (Phi) is 10.2. The summed E-state index contributed by atoms with van der Waals surface area (Å²) in [6, 6.07) is 32.8. The van der Waals surface area contributed by atoms with Crippen LogP contribution in [0.3, 0.4) is 0 Å². The van der Waals surface area contributed by atoms with E-state index in [1.807, 2.05) is 91.0 Å². The first-order valence-corrected chi connectivity index (χ1v) is 13.4. The average Bonchev–Trinajstić information content (AvgIpc) is 2.98. The zero-order chi connectivity index (χ0) is 29.1. The molecule has 0 unspecified atom stereocenters. The van der Waals surface area contributed by atoms with Gasteiger partial charge in [0.15, 0.2) is 0 Å². The molecule has 4 rings (SSSR count). The number of amides is 3. The Hall–Kier alpha value is -4.59. The molecular formula is C33H32F3N3O2. The smallest absolute Gasteiger partial charge is 0.338 e. The number of benzene rings is 4. The summed E-state index contributed by atoms with van der Waals surface area (Å²) < 4.78 is 40.6. The molecule has 212 valence electrons. The fourth-order valence-corrected chi connectivity index (χ4v) is 4.48. The normalized spacial score (nSPS) is 11.1. The predicted octanol–water partition coefficient (Wildman–Crippen LogP) is 7.40. The number of nitrogens with zero attached hydrogens (tertiary/aromatic N) is 2. The van der Waals surface area contributed by atoms with Gasteiger partial charge in [0, 0.05) is 32.6 Å². The fraction of sp³-hybridized carbons (Fsp3) is 0.212. The van der Waals surface area contributed by atoms with Gasteiger partial charge in [-0.2, -0.15) is 13.2 Å². The van der Waals surface area contributed by atoms with Gasteiger partial charge < -0.3 is 15.1 Å². The highest BCUT2D eigenvalue weighted by atomic mass is 19.4. The van der Waals surface area contributed by atoms with Crippen molar-refractivity contribution in [3.63, 3.8) is 0 Å². The number of urea groups is 1. The monoisotopic (exact) mass is 559 g/mol. The van der Waals surface area contributed by atoms with Gasteiger partial charge in [0.05, 0.1) is 11.3 Å². The van der Waals surface area contributed by atoms with Crippen molar-refractivity contribution < 1.29 is 22.8 Å². The molecule has 0 radical (unpaired) electrons. The average molecular weight is 560 g/mol. The molecule has 0 bridgehead atoms. The third kappa shape index (κ3) is 8.96. The lowest BCUT2D eigenvalue weighted by atomic mass is 10.1. The minimum Gasteiger partial charge on any atom is -0.338 e. The molecule has 1 N–H and O–H groups in total. The third-order valence-corrected chi connectivity index (χ3v) is 6.66. The Balaban J connectivity index is 1.50. The molecule has 41 heavy (non-hydrogen) atoms. The van der Waals surface area contributed by atoms with E-state index in [1.54, 1.807) is 4.90 Å². The molecular weight excluding hydrogens is 527 g/mol. The summed E-state index contributed by atoms with van der Waals surface area (Å²) in [7, 11) is 0. The van der Waals surface area contributed by atoms with E-state index in [1.165, 1.54) is 23.1 Å². The van der Waals surface area contributed by atoms with E-state index in [2.05, 4.69) is 5.32 Å². The molecule has 0 fully saturated rings. The van der Waals surface area contributed by atoms with Gasteiger partial charge in [0.2, 0.25) is 5.91 Å². The van der Waals surface area contributed by atoms with Crippen LogP contribution in [0, 0.1) is 0 Å².